The van der Waals surface area contributed by atoms with E-state index in [2.05, 4.69) is 15.6 Å². The normalized spacial score (nSPS) is 23.7. The van der Waals surface area contributed by atoms with Crippen molar-refractivity contribution in [1.29, 1.82) is 0 Å². The van der Waals surface area contributed by atoms with Crippen molar-refractivity contribution in [1.82, 2.24) is 10.3 Å². The maximum Gasteiger partial charge on any atom is 0.231 e. The van der Waals surface area contributed by atoms with E-state index in [1.54, 1.807) is 12.3 Å². The van der Waals surface area contributed by atoms with Gasteiger partial charge in [-0.25, -0.2) is 4.98 Å². The van der Waals surface area contributed by atoms with Crippen LogP contribution in [0.1, 0.15) is 18.9 Å². The minimum Gasteiger partial charge on any atom is -0.324 e. The van der Waals surface area contributed by atoms with Crippen molar-refractivity contribution in [3.63, 3.8) is 0 Å². The fourth-order valence-electron chi connectivity index (χ4n) is 1.94. The lowest BCUT2D eigenvalue weighted by Gasteiger charge is -2.21. The van der Waals surface area contributed by atoms with Crippen molar-refractivity contribution in [2.45, 2.75) is 20.3 Å². The summed E-state index contributed by atoms with van der Waals surface area (Å²) >= 11 is 5.77. The van der Waals surface area contributed by atoms with Crippen LogP contribution in [0.15, 0.2) is 12.3 Å². The maximum absolute atomic E-state index is 12.2. The van der Waals surface area contributed by atoms with Crippen molar-refractivity contribution >= 4 is 23.2 Å². The number of nitrogens with zero attached hydrogens (tertiary/aromatic N) is 1. The van der Waals surface area contributed by atoms with Crippen LogP contribution < -0.4 is 10.6 Å². The molecule has 2 rings (SSSR count). The summed E-state index contributed by atoms with van der Waals surface area (Å²) in [7, 11) is 0. The van der Waals surface area contributed by atoms with E-state index in [1.807, 2.05) is 13.8 Å². The zero-order valence-corrected chi connectivity index (χ0v) is 10.8. The van der Waals surface area contributed by atoms with Crippen molar-refractivity contribution < 1.29 is 4.79 Å². The Morgan fingerprint density at radius 3 is 3.00 bits per heavy atom. The number of hydrogen-bond donors (Lipinski definition) is 2. The molecule has 17 heavy (non-hydrogen) atoms. The second-order valence-electron chi connectivity index (χ2n) is 4.76. The number of hydrogen-bond acceptors (Lipinski definition) is 3. The molecular formula is C12H16ClN3O. The summed E-state index contributed by atoms with van der Waals surface area (Å²) in [6.45, 7) is 5.49. The summed E-state index contributed by atoms with van der Waals surface area (Å²) in [6, 6.07) is 1.74. The van der Waals surface area contributed by atoms with Crippen LogP contribution in [0.3, 0.4) is 0 Å². The van der Waals surface area contributed by atoms with Gasteiger partial charge in [0.2, 0.25) is 5.91 Å². The van der Waals surface area contributed by atoms with Crippen LogP contribution in [-0.2, 0) is 4.79 Å². The largest absolute Gasteiger partial charge is 0.324 e. The van der Waals surface area contributed by atoms with Crippen molar-refractivity contribution in [2.24, 2.45) is 5.41 Å². The van der Waals surface area contributed by atoms with Gasteiger partial charge in [0, 0.05) is 6.54 Å². The molecule has 5 heteroatoms. The highest BCUT2D eigenvalue weighted by Gasteiger charge is 2.36. The van der Waals surface area contributed by atoms with Gasteiger partial charge in [-0.3, -0.25) is 4.79 Å². The molecule has 1 amide bonds. The van der Waals surface area contributed by atoms with Gasteiger partial charge in [0.05, 0.1) is 17.3 Å². The van der Waals surface area contributed by atoms with E-state index in [1.165, 1.54) is 0 Å². The fourth-order valence-corrected chi connectivity index (χ4v) is 2.15. The Bertz CT molecular complexity index is 441. The number of halogens is 1. The van der Waals surface area contributed by atoms with Gasteiger partial charge in [0.25, 0.3) is 0 Å². The lowest BCUT2D eigenvalue weighted by molar-refractivity contribution is -0.123. The van der Waals surface area contributed by atoms with Crippen molar-refractivity contribution in [2.75, 3.05) is 18.4 Å². The van der Waals surface area contributed by atoms with Gasteiger partial charge in [-0.05, 0) is 38.4 Å². The zero-order valence-electron chi connectivity index (χ0n) is 10.0. The quantitative estimate of drug-likeness (QED) is 0.793. The van der Waals surface area contributed by atoms with Gasteiger partial charge in [0.1, 0.15) is 5.15 Å². The summed E-state index contributed by atoms with van der Waals surface area (Å²) in [4.78, 5) is 16.1. The number of rotatable bonds is 2. The first-order valence-corrected chi connectivity index (χ1v) is 6.03. The molecule has 1 saturated heterocycles. The molecular weight excluding hydrogens is 238 g/mol. The Morgan fingerprint density at radius 2 is 2.41 bits per heavy atom. The molecule has 0 spiro atoms. The van der Waals surface area contributed by atoms with E-state index in [-0.39, 0.29) is 11.3 Å². The zero-order chi connectivity index (χ0) is 12.5. The summed E-state index contributed by atoms with van der Waals surface area (Å²) in [5, 5.41) is 6.56. The minimum absolute atomic E-state index is 0.0368. The lowest BCUT2D eigenvalue weighted by Crippen LogP contribution is -2.35. The molecule has 92 valence electrons. The fraction of sp³-hybridized carbons (Fsp3) is 0.500. The van der Waals surface area contributed by atoms with Crippen LogP contribution in [0.25, 0.3) is 0 Å². The van der Waals surface area contributed by atoms with Gasteiger partial charge in [0.15, 0.2) is 0 Å². The Balaban J connectivity index is 2.13. The van der Waals surface area contributed by atoms with Crippen LogP contribution in [0.4, 0.5) is 5.69 Å². The smallest absolute Gasteiger partial charge is 0.231 e. The molecule has 1 aromatic heterocycles. The second-order valence-corrected chi connectivity index (χ2v) is 5.15. The molecule has 1 aliphatic heterocycles. The monoisotopic (exact) mass is 253 g/mol. The first-order valence-electron chi connectivity index (χ1n) is 5.66. The van der Waals surface area contributed by atoms with Crippen LogP contribution in [0.5, 0.6) is 0 Å². The van der Waals surface area contributed by atoms with E-state index in [0.29, 0.717) is 5.15 Å². The van der Waals surface area contributed by atoms with E-state index in [0.717, 1.165) is 30.8 Å². The Morgan fingerprint density at radius 1 is 1.65 bits per heavy atom. The number of nitrogens with one attached hydrogen (secondary N) is 2. The van der Waals surface area contributed by atoms with Gasteiger partial charge in [-0.1, -0.05) is 11.6 Å². The van der Waals surface area contributed by atoms with E-state index < -0.39 is 0 Å². The van der Waals surface area contributed by atoms with E-state index in [4.69, 9.17) is 11.6 Å². The molecule has 1 atom stereocenters. The molecule has 2 heterocycles. The van der Waals surface area contributed by atoms with Crippen molar-refractivity contribution in [3.05, 3.63) is 23.0 Å². The maximum atomic E-state index is 12.2. The summed E-state index contributed by atoms with van der Waals surface area (Å²) < 4.78 is 0. The Kier molecular flexibility index (Phi) is 3.35. The highest BCUT2D eigenvalue weighted by Crippen LogP contribution is 2.27. The topological polar surface area (TPSA) is 54.0 Å². The third kappa shape index (κ3) is 2.58. The standard InChI is InChI=1S/C12H16ClN3O/c1-8-5-10(13)15-6-9(8)16-11(17)12(2)3-4-14-7-12/h5-6,14H,3-4,7H2,1-2H3,(H,16,17). The van der Waals surface area contributed by atoms with Crippen LogP contribution in [0, 0.1) is 12.3 Å². The third-order valence-electron chi connectivity index (χ3n) is 3.24. The van der Waals surface area contributed by atoms with Gasteiger partial charge in [-0.2, -0.15) is 0 Å². The number of aryl methyl sites for hydroxylation is 1. The number of amides is 1. The number of carbonyl (C=O) groups is 1. The SMILES string of the molecule is Cc1cc(Cl)ncc1NC(=O)C1(C)CCNC1. The Hall–Kier alpha value is -1.13. The number of anilines is 1. The molecule has 0 aromatic carbocycles. The highest BCUT2D eigenvalue weighted by molar-refractivity contribution is 6.29. The van der Waals surface area contributed by atoms with E-state index >= 15 is 0 Å². The summed E-state index contributed by atoms with van der Waals surface area (Å²) in [5.41, 5.74) is 1.33. The Labute approximate surface area is 106 Å². The molecule has 0 radical (unpaired) electrons. The van der Waals surface area contributed by atoms with Crippen LogP contribution >= 0.6 is 11.6 Å². The van der Waals surface area contributed by atoms with Gasteiger partial charge in [-0.15, -0.1) is 0 Å². The predicted octanol–water partition coefficient (Wildman–Crippen LogP) is 1.98. The molecule has 0 aliphatic carbocycles. The number of aromatic nitrogens is 1. The number of pyridine rings is 1. The first-order chi connectivity index (χ1) is 8.01. The molecule has 2 N–H and O–H groups in total. The van der Waals surface area contributed by atoms with Crippen LogP contribution in [0.2, 0.25) is 5.15 Å². The van der Waals surface area contributed by atoms with Gasteiger partial charge >= 0.3 is 0 Å². The highest BCUT2D eigenvalue weighted by atomic mass is 35.5. The molecule has 0 saturated carbocycles. The molecule has 1 aliphatic rings. The average Bonchev–Trinajstić information content (AvgIpc) is 2.71. The van der Waals surface area contributed by atoms with E-state index in [9.17, 15) is 4.79 Å². The molecule has 1 aromatic rings. The molecule has 0 bridgehead atoms. The van der Waals surface area contributed by atoms with Gasteiger partial charge < -0.3 is 10.6 Å². The van der Waals surface area contributed by atoms with Crippen molar-refractivity contribution in [3.8, 4) is 0 Å². The van der Waals surface area contributed by atoms with Crippen LogP contribution in [-0.4, -0.2) is 24.0 Å². The third-order valence-corrected chi connectivity index (χ3v) is 3.45. The second kappa shape index (κ2) is 4.63. The first kappa shape index (κ1) is 12.3. The molecule has 1 fully saturated rings. The predicted molar refractivity (Wildman–Crippen MR) is 68.2 cm³/mol. The molecule has 1 unspecified atom stereocenters. The summed E-state index contributed by atoms with van der Waals surface area (Å²) in [5.74, 6) is 0.0368. The average molecular weight is 254 g/mol. The summed E-state index contributed by atoms with van der Waals surface area (Å²) in [6.07, 6.45) is 2.46. The minimum atomic E-state index is -0.327. The lowest BCUT2D eigenvalue weighted by atomic mass is 9.88. The molecule has 4 nitrogen and oxygen atoms in total. The number of carbonyl (C=O) groups excluding carboxylic acids is 1.